The minimum Gasteiger partial charge on any atom is -0.322 e. The average Bonchev–Trinajstić information content (AvgIpc) is 3.33. The molecule has 0 unspecified atom stereocenters. The highest BCUT2D eigenvalue weighted by Gasteiger charge is 2.45. The van der Waals surface area contributed by atoms with Gasteiger partial charge in [-0.05, 0) is 56.2 Å². The van der Waals surface area contributed by atoms with Gasteiger partial charge in [0.15, 0.2) is 0 Å². The number of carbonyl (C=O) groups excluding carboxylic acids is 2. The number of tetrazole rings is 1. The van der Waals surface area contributed by atoms with Gasteiger partial charge in [-0.2, -0.15) is 0 Å². The van der Waals surface area contributed by atoms with Gasteiger partial charge in [0.2, 0.25) is 17.0 Å². The van der Waals surface area contributed by atoms with Crippen LogP contribution in [0.25, 0.3) is 0 Å². The number of amides is 2. The Hall–Kier alpha value is -2.42. The first-order chi connectivity index (χ1) is 13.4. The molecular formula is C19H24N6O2S. The van der Waals surface area contributed by atoms with Crippen molar-refractivity contribution in [3.8, 4) is 0 Å². The van der Waals surface area contributed by atoms with E-state index >= 15 is 0 Å². The highest BCUT2D eigenvalue weighted by molar-refractivity contribution is 8.00. The Morgan fingerprint density at radius 1 is 1.29 bits per heavy atom. The van der Waals surface area contributed by atoms with Gasteiger partial charge in [0, 0.05) is 0 Å². The van der Waals surface area contributed by atoms with Gasteiger partial charge >= 0.3 is 0 Å². The minimum absolute atomic E-state index is 0.140. The number of para-hydroxylation sites is 2. The SMILES string of the molecule is C[C@H](Sc1nnnn1C1CCCC1)C(=O)N1c2ccccc2NC(=O)C1(C)C. The van der Waals surface area contributed by atoms with Crippen molar-refractivity contribution >= 4 is 35.0 Å². The molecule has 8 nitrogen and oxygen atoms in total. The lowest BCUT2D eigenvalue weighted by Gasteiger charge is -2.43. The highest BCUT2D eigenvalue weighted by Crippen LogP contribution is 2.39. The van der Waals surface area contributed by atoms with E-state index in [2.05, 4.69) is 20.8 Å². The fourth-order valence-electron chi connectivity index (χ4n) is 3.88. The Kier molecular flexibility index (Phi) is 4.86. The second-order valence-corrected chi connectivity index (χ2v) is 9.12. The van der Waals surface area contributed by atoms with Crippen molar-refractivity contribution in [2.75, 3.05) is 10.2 Å². The number of nitrogens with one attached hydrogen (secondary N) is 1. The zero-order valence-corrected chi connectivity index (χ0v) is 17.1. The van der Waals surface area contributed by atoms with Crippen molar-refractivity contribution in [3.63, 3.8) is 0 Å². The van der Waals surface area contributed by atoms with E-state index in [1.165, 1.54) is 24.6 Å². The van der Waals surface area contributed by atoms with Gasteiger partial charge in [0.25, 0.3) is 0 Å². The number of anilines is 2. The summed E-state index contributed by atoms with van der Waals surface area (Å²) in [4.78, 5) is 27.6. The van der Waals surface area contributed by atoms with Crippen molar-refractivity contribution in [1.82, 2.24) is 20.2 Å². The molecule has 2 heterocycles. The number of carbonyl (C=O) groups is 2. The van der Waals surface area contributed by atoms with E-state index in [1.54, 1.807) is 24.8 Å². The van der Waals surface area contributed by atoms with E-state index in [-0.39, 0.29) is 11.8 Å². The van der Waals surface area contributed by atoms with Crippen LogP contribution in [0.5, 0.6) is 0 Å². The summed E-state index contributed by atoms with van der Waals surface area (Å²) in [5, 5.41) is 15.2. The molecule has 0 radical (unpaired) electrons. The largest absolute Gasteiger partial charge is 0.322 e. The van der Waals surface area contributed by atoms with E-state index in [4.69, 9.17) is 0 Å². The molecule has 4 rings (SSSR count). The van der Waals surface area contributed by atoms with Crippen LogP contribution in [0.2, 0.25) is 0 Å². The molecule has 2 aromatic rings. The molecule has 1 aliphatic carbocycles. The predicted octanol–water partition coefficient (Wildman–Crippen LogP) is 3.03. The molecule has 0 saturated heterocycles. The van der Waals surface area contributed by atoms with Crippen LogP contribution in [0.4, 0.5) is 11.4 Å². The topological polar surface area (TPSA) is 93.0 Å². The number of fused-ring (bicyclic) bond motifs is 1. The van der Waals surface area contributed by atoms with Gasteiger partial charge in [-0.3, -0.25) is 14.5 Å². The fraction of sp³-hybridized carbons (Fsp3) is 0.526. The second kappa shape index (κ2) is 7.20. The van der Waals surface area contributed by atoms with Gasteiger partial charge < -0.3 is 5.32 Å². The zero-order chi connectivity index (χ0) is 19.9. The number of hydrogen-bond donors (Lipinski definition) is 1. The Morgan fingerprint density at radius 2 is 2.00 bits per heavy atom. The summed E-state index contributed by atoms with van der Waals surface area (Å²) >= 11 is 1.35. The molecule has 1 saturated carbocycles. The van der Waals surface area contributed by atoms with Crippen LogP contribution in [0.3, 0.4) is 0 Å². The number of benzene rings is 1. The number of hydrogen-bond acceptors (Lipinski definition) is 6. The Balaban J connectivity index is 1.60. The maximum atomic E-state index is 13.4. The first-order valence-corrected chi connectivity index (χ1v) is 10.5. The van der Waals surface area contributed by atoms with E-state index in [0.29, 0.717) is 22.6 Å². The van der Waals surface area contributed by atoms with E-state index < -0.39 is 10.8 Å². The number of aromatic nitrogens is 4. The summed E-state index contributed by atoms with van der Waals surface area (Å²) < 4.78 is 1.85. The third kappa shape index (κ3) is 3.17. The Morgan fingerprint density at radius 3 is 2.75 bits per heavy atom. The molecule has 1 fully saturated rings. The summed E-state index contributed by atoms with van der Waals surface area (Å²) in [5.41, 5.74) is 0.366. The summed E-state index contributed by atoms with van der Waals surface area (Å²) in [5.74, 6) is -0.342. The molecule has 1 aromatic carbocycles. The van der Waals surface area contributed by atoms with Crippen molar-refractivity contribution in [1.29, 1.82) is 0 Å². The molecule has 0 bridgehead atoms. The molecule has 28 heavy (non-hydrogen) atoms. The predicted molar refractivity (Wildman–Crippen MR) is 107 cm³/mol. The van der Waals surface area contributed by atoms with Crippen LogP contribution in [0, 0.1) is 0 Å². The molecule has 1 aromatic heterocycles. The Labute approximate surface area is 168 Å². The smallest absolute Gasteiger partial charge is 0.250 e. The van der Waals surface area contributed by atoms with E-state index in [9.17, 15) is 9.59 Å². The van der Waals surface area contributed by atoms with Crippen LogP contribution in [0.1, 0.15) is 52.5 Å². The first-order valence-electron chi connectivity index (χ1n) is 9.58. The molecule has 2 aliphatic rings. The summed E-state index contributed by atoms with van der Waals surface area (Å²) in [6, 6.07) is 7.67. The quantitative estimate of drug-likeness (QED) is 0.793. The van der Waals surface area contributed by atoms with Crippen LogP contribution in [-0.2, 0) is 9.59 Å². The molecule has 9 heteroatoms. The van der Waals surface area contributed by atoms with Crippen molar-refractivity contribution in [3.05, 3.63) is 24.3 Å². The third-order valence-corrected chi connectivity index (χ3v) is 6.53. The van der Waals surface area contributed by atoms with E-state index in [0.717, 1.165) is 12.8 Å². The fourth-order valence-corrected chi connectivity index (χ4v) is 4.78. The van der Waals surface area contributed by atoms with Crippen molar-refractivity contribution in [2.45, 2.75) is 68.4 Å². The van der Waals surface area contributed by atoms with Gasteiger partial charge in [0.05, 0.1) is 22.7 Å². The molecule has 148 valence electrons. The number of rotatable bonds is 4. The molecule has 2 amide bonds. The van der Waals surface area contributed by atoms with Crippen LogP contribution in [-0.4, -0.2) is 42.8 Å². The lowest BCUT2D eigenvalue weighted by atomic mass is 9.96. The van der Waals surface area contributed by atoms with Crippen molar-refractivity contribution < 1.29 is 9.59 Å². The molecule has 0 spiro atoms. The van der Waals surface area contributed by atoms with Gasteiger partial charge in [0.1, 0.15) is 5.54 Å². The number of nitrogens with zero attached hydrogens (tertiary/aromatic N) is 5. The second-order valence-electron chi connectivity index (χ2n) is 7.81. The highest BCUT2D eigenvalue weighted by atomic mass is 32.2. The lowest BCUT2D eigenvalue weighted by molar-refractivity contribution is -0.126. The molecule has 1 atom stereocenters. The summed E-state index contributed by atoms with van der Waals surface area (Å²) in [7, 11) is 0. The minimum atomic E-state index is -0.988. The summed E-state index contributed by atoms with van der Waals surface area (Å²) in [6.45, 7) is 5.36. The molecular weight excluding hydrogens is 376 g/mol. The van der Waals surface area contributed by atoms with Gasteiger partial charge in [-0.25, -0.2) is 4.68 Å². The van der Waals surface area contributed by atoms with Gasteiger partial charge in [-0.15, -0.1) is 5.10 Å². The zero-order valence-electron chi connectivity index (χ0n) is 16.3. The Bertz CT molecular complexity index is 905. The first kappa shape index (κ1) is 18.9. The number of thioether (sulfide) groups is 1. The van der Waals surface area contributed by atoms with Crippen LogP contribution in [0.15, 0.2) is 29.4 Å². The summed E-state index contributed by atoms with van der Waals surface area (Å²) in [6.07, 6.45) is 4.48. The molecule has 1 N–H and O–H groups in total. The lowest BCUT2D eigenvalue weighted by Crippen LogP contribution is -2.60. The maximum absolute atomic E-state index is 13.4. The standard InChI is InChI=1S/C19H24N6O2S/c1-12(28-18-21-22-23-25(18)13-8-4-5-9-13)16(26)24-15-11-7-6-10-14(15)20-17(27)19(24,2)3/h6-7,10-13H,4-5,8-9H2,1-3H3,(H,20,27)/t12-/m0/s1. The van der Waals surface area contributed by atoms with Crippen LogP contribution < -0.4 is 10.2 Å². The maximum Gasteiger partial charge on any atom is 0.250 e. The molecule has 1 aliphatic heterocycles. The van der Waals surface area contributed by atoms with Crippen molar-refractivity contribution in [2.24, 2.45) is 0 Å². The monoisotopic (exact) mass is 400 g/mol. The third-order valence-electron chi connectivity index (χ3n) is 5.49. The normalized spacial score (nSPS) is 20.0. The van der Waals surface area contributed by atoms with Gasteiger partial charge in [-0.1, -0.05) is 36.7 Å². The van der Waals surface area contributed by atoms with Crippen LogP contribution >= 0.6 is 11.8 Å². The average molecular weight is 401 g/mol. The van der Waals surface area contributed by atoms with E-state index in [1.807, 2.05) is 29.8 Å².